The minimum Gasteiger partial charge on any atom is -0.495 e. The Bertz CT molecular complexity index is 843. The fourth-order valence-electron chi connectivity index (χ4n) is 3.14. The van der Waals surface area contributed by atoms with Gasteiger partial charge < -0.3 is 9.64 Å². The number of pyridine rings is 1. The molecule has 2 aromatic rings. The molecule has 0 bridgehead atoms. The number of ether oxygens (including phenoxy) is 1. The molecule has 0 unspecified atom stereocenters. The van der Waals surface area contributed by atoms with Crippen LogP contribution in [0.25, 0.3) is 0 Å². The van der Waals surface area contributed by atoms with E-state index in [0.717, 1.165) is 24.5 Å². The third kappa shape index (κ3) is 4.27. The summed E-state index contributed by atoms with van der Waals surface area (Å²) in [6.45, 7) is 3.84. The first kappa shape index (κ1) is 18.5. The van der Waals surface area contributed by atoms with Crippen molar-refractivity contribution >= 4 is 21.5 Å². The van der Waals surface area contributed by atoms with Crippen molar-refractivity contribution in [3.63, 3.8) is 0 Å². The quantitative estimate of drug-likeness (QED) is 0.865. The third-order valence-electron chi connectivity index (χ3n) is 4.54. The van der Waals surface area contributed by atoms with E-state index in [9.17, 15) is 8.42 Å². The van der Waals surface area contributed by atoms with E-state index in [0.29, 0.717) is 11.4 Å². The lowest BCUT2D eigenvalue weighted by atomic mass is 10.2. The predicted molar refractivity (Wildman–Crippen MR) is 103 cm³/mol. The van der Waals surface area contributed by atoms with E-state index in [4.69, 9.17) is 4.74 Å². The van der Waals surface area contributed by atoms with Gasteiger partial charge in [-0.3, -0.25) is 4.72 Å². The highest BCUT2D eigenvalue weighted by Gasteiger charge is 2.20. The lowest BCUT2D eigenvalue weighted by Gasteiger charge is -2.21. The van der Waals surface area contributed by atoms with Crippen molar-refractivity contribution < 1.29 is 13.2 Å². The van der Waals surface area contributed by atoms with E-state index in [1.807, 2.05) is 19.1 Å². The Balaban J connectivity index is 1.79. The van der Waals surface area contributed by atoms with Gasteiger partial charge in [-0.05, 0) is 49.6 Å². The average Bonchev–Trinajstić information content (AvgIpc) is 2.91. The van der Waals surface area contributed by atoms with Crippen molar-refractivity contribution in [2.75, 3.05) is 29.8 Å². The van der Waals surface area contributed by atoms with Crippen molar-refractivity contribution in [2.45, 2.75) is 37.5 Å². The fraction of sp³-hybridized carbons (Fsp3) is 0.421. The Kier molecular flexibility index (Phi) is 5.66. The number of hydrogen-bond acceptors (Lipinski definition) is 5. The number of aryl methyl sites for hydroxylation is 1. The highest BCUT2D eigenvalue weighted by atomic mass is 32.2. The monoisotopic (exact) mass is 375 g/mol. The SMILES string of the molecule is COc1ccc(C)cc1S(=O)(=O)Nc1ccc(N2CCCCCC2)nc1. The molecular weight excluding hydrogens is 350 g/mol. The smallest absolute Gasteiger partial charge is 0.265 e. The zero-order valence-electron chi connectivity index (χ0n) is 15.2. The minimum absolute atomic E-state index is 0.122. The molecule has 1 saturated heterocycles. The molecule has 1 N–H and O–H groups in total. The molecule has 1 aliphatic rings. The van der Waals surface area contributed by atoms with Crippen molar-refractivity contribution in [1.82, 2.24) is 4.98 Å². The summed E-state index contributed by atoms with van der Waals surface area (Å²) < 4.78 is 33.3. The molecule has 0 aliphatic carbocycles. The van der Waals surface area contributed by atoms with Crippen LogP contribution >= 0.6 is 0 Å². The van der Waals surface area contributed by atoms with Crippen LogP contribution in [0.2, 0.25) is 0 Å². The van der Waals surface area contributed by atoms with Crippen LogP contribution in [0, 0.1) is 6.92 Å². The first-order valence-corrected chi connectivity index (χ1v) is 10.4. The van der Waals surface area contributed by atoms with Gasteiger partial charge in [0.25, 0.3) is 10.0 Å². The first-order chi connectivity index (χ1) is 12.5. The van der Waals surface area contributed by atoms with Crippen LogP contribution in [-0.4, -0.2) is 33.6 Å². The average molecular weight is 375 g/mol. The highest BCUT2D eigenvalue weighted by Crippen LogP contribution is 2.27. The van der Waals surface area contributed by atoms with Gasteiger partial charge >= 0.3 is 0 Å². The van der Waals surface area contributed by atoms with Gasteiger partial charge in [-0.1, -0.05) is 18.9 Å². The summed E-state index contributed by atoms with van der Waals surface area (Å²) in [6.07, 6.45) is 6.42. The fourth-order valence-corrected chi connectivity index (χ4v) is 4.44. The van der Waals surface area contributed by atoms with Crippen molar-refractivity contribution in [3.05, 3.63) is 42.1 Å². The number of benzene rings is 1. The van der Waals surface area contributed by atoms with Gasteiger partial charge in [0, 0.05) is 13.1 Å². The molecule has 0 atom stereocenters. The van der Waals surface area contributed by atoms with Gasteiger partial charge in [-0.2, -0.15) is 0 Å². The largest absolute Gasteiger partial charge is 0.495 e. The molecule has 0 spiro atoms. The summed E-state index contributed by atoms with van der Waals surface area (Å²) in [6, 6.07) is 8.70. The normalized spacial score (nSPS) is 15.4. The summed E-state index contributed by atoms with van der Waals surface area (Å²) in [7, 11) is -2.29. The molecule has 3 rings (SSSR count). The number of sulfonamides is 1. The Morgan fingerprint density at radius 2 is 1.81 bits per heavy atom. The Labute approximate surface area is 155 Å². The van der Waals surface area contributed by atoms with Crippen LogP contribution in [0.4, 0.5) is 11.5 Å². The van der Waals surface area contributed by atoms with Crippen molar-refractivity contribution in [1.29, 1.82) is 0 Å². The molecule has 0 radical (unpaired) electrons. The number of methoxy groups -OCH3 is 1. The molecule has 0 amide bonds. The number of nitrogens with one attached hydrogen (secondary N) is 1. The van der Waals surface area contributed by atoms with E-state index < -0.39 is 10.0 Å². The third-order valence-corrected chi connectivity index (χ3v) is 5.94. The van der Waals surface area contributed by atoms with Gasteiger partial charge in [0.15, 0.2) is 0 Å². The van der Waals surface area contributed by atoms with Gasteiger partial charge in [-0.15, -0.1) is 0 Å². The number of rotatable bonds is 5. The Morgan fingerprint density at radius 1 is 1.08 bits per heavy atom. The van der Waals surface area contributed by atoms with E-state index in [1.165, 1.54) is 32.8 Å². The minimum atomic E-state index is -3.75. The summed E-state index contributed by atoms with van der Waals surface area (Å²) in [5.41, 5.74) is 1.29. The second-order valence-corrected chi connectivity index (χ2v) is 8.22. The summed E-state index contributed by atoms with van der Waals surface area (Å²) in [4.78, 5) is 6.83. The molecule has 1 fully saturated rings. The van der Waals surface area contributed by atoms with Crippen LogP contribution in [-0.2, 0) is 10.0 Å². The lowest BCUT2D eigenvalue weighted by Crippen LogP contribution is -2.24. The second-order valence-electron chi connectivity index (χ2n) is 6.57. The standard InChI is InChI=1S/C19H25N3O3S/c1-15-7-9-17(25-2)18(13-15)26(23,24)21-16-8-10-19(20-14-16)22-11-5-3-4-6-12-22/h7-10,13-14,21H,3-6,11-12H2,1-2H3. The summed E-state index contributed by atoms with van der Waals surface area (Å²) in [5.74, 6) is 1.21. The topological polar surface area (TPSA) is 71.5 Å². The van der Waals surface area contributed by atoms with Crippen LogP contribution in [0.15, 0.2) is 41.4 Å². The Hall–Kier alpha value is -2.28. The molecule has 7 heteroatoms. The zero-order chi connectivity index (χ0) is 18.6. The lowest BCUT2D eigenvalue weighted by molar-refractivity contribution is 0.402. The van der Waals surface area contributed by atoms with E-state index in [1.54, 1.807) is 24.4 Å². The molecule has 6 nitrogen and oxygen atoms in total. The van der Waals surface area contributed by atoms with E-state index >= 15 is 0 Å². The predicted octanol–water partition coefficient (Wildman–Crippen LogP) is 3.58. The molecule has 26 heavy (non-hydrogen) atoms. The van der Waals surface area contributed by atoms with Crippen molar-refractivity contribution in [2.24, 2.45) is 0 Å². The molecule has 1 aromatic carbocycles. The highest BCUT2D eigenvalue weighted by molar-refractivity contribution is 7.92. The molecule has 1 aromatic heterocycles. The summed E-state index contributed by atoms with van der Waals surface area (Å²) >= 11 is 0. The van der Waals surface area contributed by atoms with Gasteiger partial charge in [0.2, 0.25) is 0 Å². The molecule has 140 valence electrons. The first-order valence-electron chi connectivity index (χ1n) is 8.88. The van der Waals surface area contributed by atoms with Crippen LogP contribution in [0.3, 0.4) is 0 Å². The van der Waals surface area contributed by atoms with Crippen LogP contribution < -0.4 is 14.4 Å². The van der Waals surface area contributed by atoms with E-state index in [2.05, 4.69) is 14.6 Å². The number of aromatic nitrogens is 1. The van der Waals surface area contributed by atoms with Gasteiger partial charge in [0.1, 0.15) is 16.5 Å². The zero-order valence-corrected chi connectivity index (χ0v) is 16.1. The Morgan fingerprint density at radius 3 is 2.42 bits per heavy atom. The number of nitrogens with zero attached hydrogens (tertiary/aromatic N) is 2. The maximum absolute atomic E-state index is 12.7. The molecule has 1 aliphatic heterocycles. The molecule has 2 heterocycles. The number of anilines is 2. The molecular formula is C19H25N3O3S. The maximum atomic E-state index is 12.7. The van der Waals surface area contributed by atoms with Gasteiger partial charge in [-0.25, -0.2) is 13.4 Å². The van der Waals surface area contributed by atoms with Crippen molar-refractivity contribution in [3.8, 4) is 5.75 Å². The maximum Gasteiger partial charge on any atom is 0.265 e. The van der Waals surface area contributed by atoms with Crippen LogP contribution in [0.5, 0.6) is 5.75 Å². The van der Waals surface area contributed by atoms with Crippen LogP contribution in [0.1, 0.15) is 31.2 Å². The second kappa shape index (κ2) is 7.95. The molecule has 0 saturated carbocycles. The van der Waals surface area contributed by atoms with Gasteiger partial charge in [0.05, 0.1) is 19.0 Å². The summed E-state index contributed by atoms with van der Waals surface area (Å²) in [5, 5.41) is 0. The number of hydrogen-bond donors (Lipinski definition) is 1. The van der Waals surface area contributed by atoms with E-state index in [-0.39, 0.29) is 4.90 Å².